The highest BCUT2D eigenvalue weighted by atomic mass is 14.9. The van der Waals surface area contributed by atoms with Gasteiger partial charge >= 0.3 is 0 Å². The second-order valence-electron chi connectivity index (χ2n) is 12.2. The first kappa shape index (κ1) is 24.2. The van der Waals surface area contributed by atoms with Crippen LogP contribution in [0.1, 0.15) is 119 Å². The minimum atomic E-state index is 0.505. The molecule has 2 aliphatic carbocycles. The quantitative estimate of drug-likeness (QED) is 0.415. The third kappa shape index (κ3) is 8.74. The van der Waals surface area contributed by atoms with Crippen LogP contribution in [-0.2, 0) is 0 Å². The van der Waals surface area contributed by atoms with Crippen LogP contribution >= 0.6 is 0 Å². The summed E-state index contributed by atoms with van der Waals surface area (Å²) in [5.41, 5.74) is 1.01. The van der Waals surface area contributed by atoms with Crippen molar-refractivity contribution in [3.05, 3.63) is 0 Å². The number of unbranched alkanes of at least 4 members (excludes halogenated alkanes) is 3. The Morgan fingerprint density at radius 3 is 1.11 bits per heavy atom. The van der Waals surface area contributed by atoms with Gasteiger partial charge in [-0.2, -0.15) is 0 Å². The van der Waals surface area contributed by atoms with Crippen LogP contribution in [0.2, 0.25) is 0 Å². The van der Waals surface area contributed by atoms with Crippen LogP contribution in [0, 0.1) is 22.7 Å². The molecule has 2 nitrogen and oxygen atoms in total. The summed E-state index contributed by atoms with van der Waals surface area (Å²) in [7, 11) is 0. The lowest BCUT2D eigenvalue weighted by molar-refractivity contribution is 0.159. The highest BCUT2D eigenvalue weighted by Crippen LogP contribution is 2.38. The van der Waals surface area contributed by atoms with Gasteiger partial charge in [-0.1, -0.05) is 54.4 Å². The molecule has 0 saturated heterocycles. The summed E-state index contributed by atoms with van der Waals surface area (Å²) in [6.07, 6.45) is 16.8. The predicted octanol–water partition coefficient (Wildman–Crippen LogP) is 6.94. The van der Waals surface area contributed by atoms with Gasteiger partial charge in [0.1, 0.15) is 0 Å². The average Bonchev–Trinajstić information content (AvgIpc) is 2.63. The van der Waals surface area contributed by atoms with Crippen molar-refractivity contribution < 1.29 is 0 Å². The first-order valence-electron chi connectivity index (χ1n) is 12.6. The molecular formula is C26H52N2. The van der Waals surface area contributed by atoms with Crippen LogP contribution < -0.4 is 10.6 Å². The van der Waals surface area contributed by atoms with Gasteiger partial charge in [0.2, 0.25) is 0 Å². The maximum atomic E-state index is 3.84. The van der Waals surface area contributed by atoms with Crippen LogP contribution in [0.15, 0.2) is 0 Å². The van der Waals surface area contributed by atoms with E-state index in [2.05, 4.69) is 52.2 Å². The molecule has 0 aromatic heterocycles. The third-order valence-corrected chi connectivity index (χ3v) is 7.87. The Labute approximate surface area is 177 Å². The van der Waals surface area contributed by atoms with Gasteiger partial charge in [0, 0.05) is 12.1 Å². The number of nitrogens with one attached hydrogen (secondary N) is 2. The van der Waals surface area contributed by atoms with Crippen molar-refractivity contribution in [2.45, 2.75) is 131 Å². The molecule has 0 aliphatic heterocycles. The largest absolute Gasteiger partial charge is 0.314 e. The van der Waals surface area contributed by atoms with Crippen molar-refractivity contribution in [2.75, 3.05) is 13.1 Å². The van der Waals surface area contributed by atoms with E-state index in [0.717, 1.165) is 23.9 Å². The second kappa shape index (κ2) is 11.3. The molecule has 0 unspecified atom stereocenters. The van der Waals surface area contributed by atoms with Crippen LogP contribution in [-0.4, -0.2) is 25.2 Å². The Balaban J connectivity index is 1.40. The van der Waals surface area contributed by atoms with E-state index in [4.69, 9.17) is 0 Å². The molecule has 0 radical (unpaired) electrons. The fraction of sp³-hybridized carbons (Fsp3) is 1.00. The van der Waals surface area contributed by atoms with Gasteiger partial charge in [0.05, 0.1) is 0 Å². The number of hydrogen-bond acceptors (Lipinski definition) is 2. The third-order valence-electron chi connectivity index (χ3n) is 7.87. The zero-order valence-electron chi connectivity index (χ0n) is 20.2. The molecule has 2 fully saturated rings. The smallest absolute Gasteiger partial charge is 0.00672 e. The summed E-state index contributed by atoms with van der Waals surface area (Å²) < 4.78 is 0. The molecule has 2 rings (SSSR count). The Morgan fingerprint density at radius 1 is 0.500 bits per heavy atom. The minimum absolute atomic E-state index is 0.505. The number of hydrogen-bond donors (Lipinski definition) is 2. The van der Waals surface area contributed by atoms with Crippen molar-refractivity contribution >= 4 is 0 Å². The Bertz CT molecular complexity index is 361. The molecule has 2 saturated carbocycles. The van der Waals surface area contributed by atoms with E-state index < -0.39 is 0 Å². The van der Waals surface area contributed by atoms with Gasteiger partial charge in [-0.15, -0.1) is 0 Å². The topological polar surface area (TPSA) is 24.1 Å². The van der Waals surface area contributed by atoms with E-state index in [-0.39, 0.29) is 0 Å². The fourth-order valence-corrected chi connectivity index (χ4v) is 5.54. The number of rotatable bonds is 9. The van der Waals surface area contributed by atoms with Gasteiger partial charge in [-0.25, -0.2) is 0 Å². The normalized spacial score (nSPS) is 29.8. The van der Waals surface area contributed by atoms with Crippen molar-refractivity contribution in [3.63, 3.8) is 0 Å². The summed E-state index contributed by atoms with van der Waals surface area (Å²) in [4.78, 5) is 0. The molecule has 0 heterocycles. The molecule has 0 amide bonds. The lowest BCUT2D eigenvalue weighted by Crippen LogP contribution is -2.36. The summed E-state index contributed by atoms with van der Waals surface area (Å²) in [6.45, 7) is 16.9. The van der Waals surface area contributed by atoms with Crippen molar-refractivity contribution in [2.24, 2.45) is 22.7 Å². The average molecular weight is 393 g/mol. The molecule has 0 atom stereocenters. The van der Waals surface area contributed by atoms with Gasteiger partial charge in [0.15, 0.2) is 0 Å². The second-order valence-corrected chi connectivity index (χ2v) is 12.2. The zero-order chi connectivity index (χ0) is 20.6. The fourth-order valence-electron chi connectivity index (χ4n) is 5.54. The Kier molecular flexibility index (Phi) is 9.81. The molecular weight excluding hydrogens is 340 g/mol. The van der Waals surface area contributed by atoms with Gasteiger partial charge < -0.3 is 10.6 Å². The predicted molar refractivity (Wildman–Crippen MR) is 125 cm³/mol. The molecule has 0 bridgehead atoms. The van der Waals surface area contributed by atoms with Crippen molar-refractivity contribution in [1.82, 2.24) is 10.6 Å². The van der Waals surface area contributed by atoms with E-state index >= 15 is 0 Å². The highest BCUT2D eigenvalue weighted by molar-refractivity contribution is 4.84. The molecule has 166 valence electrons. The van der Waals surface area contributed by atoms with E-state index in [0.29, 0.717) is 10.8 Å². The van der Waals surface area contributed by atoms with E-state index in [1.54, 1.807) is 0 Å². The SMILES string of the molecule is CC(C)(C)C1CCC(NCCCCCCNC2CCC(C(C)(C)C)CC2)CC1. The first-order chi connectivity index (χ1) is 13.2. The molecule has 2 N–H and O–H groups in total. The van der Waals surface area contributed by atoms with E-state index in [9.17, 15) is 0 Å². The maximum Gasteiger partial charge on any atom is 0.00672 e. The lowest BCUT2D eigenvalue weighted by Gasteiger charge is -2.37. The molecule has 2 heteroatoms. The van der Waals surface area contributed by atoms with Gasteiger partial charge in [-0.3, -0.25) is 0 Å². The van der Waals surface area contributed by atoms with Crippen LogP contribution in [0.25, 0.3) is 0 Å². The lowest BCUT2D eigenvalue weighted by atomic mass is 9.71. The maximum absolute atomic E-state index is 3.84. The molecule has 0 spiro atoms. The molecule has 2 aliphatic rings. The Hall–Kier alpha value is -0.0800. The van der Waals surface area contributed by atoms with E-state index in [1.807, 2.05) is 0 Å². The first-order valence-corrected chi connectivity index (χ1v) is 12.6. The minimum Gasteiger partial charge on any atom is -0.314 e. The van der Waals surface area contributed by atoms with Gasteiger partial charge in [0.25, 0.3) is 0 Å². The zero-order valence-corrected chi connectivity index (χ0v) is 20.2. The summed E-state index contributed by atoms with van der Waals surface area (Å²) in [5.74, 6) is 1.86. The van der Waals surface area contributed by atoms with Crippen molar-refractivity contribution in [3.8, 4) is 0 Å². The summed E-state index contributed by atoms with van der Waals surface area (Å²) in [5, 5.41) is 7.67. The summed E-state index contributed by atoms with van der Waals surface area (Å²) in [6, 6.07) is 1.59. The van der Waals surface area contributed by atoms with Crippen LogP contribution in [0.5, 0.6) is 0 Å². The monoisotopic (exact) mass is 392 g/mol. The van der Waals surface area contributed by atoms with E-state index in [1.165, 1.54) is 90.1 Å². The van der Waals surface area contributed by atoms with Crippen LogP contribution in [0.3, 0.4) is 0 Å². The molecule has 28 heavy (non-hydrogen) atoms. The summed E-state index contributed by atoms with van der Waals surface area (Å²) >= 11 is 0. The van der Waals surface area contributed by atoms with Crippen molar-refractivity contribution in [1.29, 1.82) is 0 Å². The Morgan fingerprint density at radius 2 is 0.821 bits per heavy atom. The highest BCUT2D eigenvalue weighted by Gasteiger charge is 2.30. The standard InChI is InChI=1S/C26H52N2/c1-25(2,3)21-11-15-23(16-12-21)27-19-9-7-8-10-20-28-24-17-13-22(14-18-24)26(4,5)6/h21-24,27-28H,7-20H2,1-6H3. The molecule has 0 aromatic carbocycles. The van der Waals surface area contributed by atoms with Crippen LogP contribution in [0.4, 0.5) is 0 Å². The van der Waals surface area contributed by atoms with Gasteiger partial charge in [-0.05, 0) is 100.0 Å². The molecule has 0 aromatic rings.